The Balaban J connectivity index is 1.42. The first-order chi connectivity index (χ1) is 15.5. The molecule has 0 radical (unpaired) electrons. The van der Waals surface area contributed by atoms with Crippen molar-refractivity contribution >= 4 is 11.6 Å². The summed E-state index contributed by atoms with van der Waals surface area (Å²) in [5.74, 6) is 1.26. The minimum Gasteiger partial charge on any atom is -0.378 e. The average Bonchev–Trinajstić information content (AvgIpc) is 3.19. The minimum atomic E-state index is -0.147. The van der Waals surface area contributed by atoms with Gasteiger partial charge in [0.25, 0.3) is 5.91 Å². The molecule has 9 heteroatoms. The van der Waals surface area contributed by atoms with Gasteiger partial charge in [-0.3, -0.25) is 9.78 Å². The van der Waals surface area contributed by atoms with Crippen molar-refractivity contribution in [3.63, 3.8) is 0 Å². The van der Waals surface area contributed by atoms with E-state index in [1.165, 1.54) is 6.33 Å². The van der Waals surface area contributed by atoms with Gasteiger partial charge in [0.05, 0.1) is 12.6 Å². The van der Waals surface area contributed by atoms with Crippen molar-refractivity contribution < 1.29 is 4.79 Å². The van der Waals surface area contributed by atoms with Gasteiger partial charge in [-0.1, -0.05) is 6.07 Å². The van der Waals surface area contributed by atoms with Crippen molar-refractivity contribution in [3.05, 3.63) is 83.8 Å². The first kappa shape index (κ1) is 21.1. The summed E-state index contributed by atoms with van der Waals surface area (Å²) in [6.45, 7) is 4.41. The highest BCUT2D eigenvalue weighted by Crippen LogP contribution is 2.18. The van der Waals surface area contributed by atoms with Crippen molar-refractivity contribution in [1.29, 1.82) is 0 Å². The highest BCUT2D eigenvalue weighted by atomic mass is 16.1. The van der Waals surface area contributed by atoms with E-state index in [2.05, 4.69) is 35.8 Å². The van der Waals surface area contributed by atoms with Gasteiger partial charge in [-0.05, 0) is 55.3 Å². The summed E-state index contributed by atoms with van der Waals surface area (Å²) in [7, 11) is 1.89. The van der Waals surface area contributed by atoms with E-state index >= 15 is 0 Å². The molecule has 162 valence electrons. The van der Waals surface area contributed by atoms with E-state index < -0.39 is 0 Å². The van der Waals surface area contributed by atoms with Crippen molar-refractivity contribution in [3.8, 4) is 11.5 Å². The Morgan fingerprint density at radius 2 is 1.97 bits per heavy atom. The zero-order valence-corrected chi connectivity index (χ0v) is 18.1. The zero-order chi connectivity index (χ0) is 22.5. The number of carbonyl (C=O) groups excluding carboxylic acids is 1. The maximum absolute atomic E-state index is 12.8. The van der Waals surface area contributed by atoms with Crippen LogP contribution in [0.1, 0.15) is 40.3 Å². The molecule has 1 unspecified atom stereocenters. The van der Waals surface area contributed by atoms with Crippen LogP contribution in [0.3, 0.4) is 0 Å². The summed E-state index contributed by atoms with van der Waals surface area (Å²) >= 11 is 0. The molecule has 2 N–H and O–H groups in total. The standard InChI is InChI=1S/C23H24N8O/c1-15-7-9-24-12-19(15)16(2)28-23(32)17-5-4-6-18(11-17)26-13-21-29-30-22(31(21)3)20-8-10-25-14-27-20/h4-12,14,16,26H,13H2,1-3H3,(H,28,32). The Labute approximate surface area is 186 Å². The van der Waals surface area contributed by atoms with Crippen LogP contribution in [0, 0.1) is 6.92 Å². The minimum absolute atomic E-state index is 0.144. The lowest BCUT2D eigenvalue weighted by Gasteiger charge is -2.16. The summed E-state index contributed by atoms with van der Waals surface area (Å²) in [6, 6.07) is 10.9. The molecule has 32 heavy (non-hydrogen) atoms. The second-order valence-corrected chi connectivity index (χ2v) is 7.46. The van der Waals surface area contributed by atoms with Gasteiger partial charge in [-0.2, -0.15) is 0 Å². The fraction of sp³-hybridized carbons (Fsp3) is 0.217. The Morgan fingerprint density at radius 1 is 1.12 bits per heavy atom. The third-order valence-corrected chi connectivity index (χ3v) is 5.25. The number of amides is 1. The molecular formula is C23H24N8O. The number of hydrogen-bond acceptors (Lipinski definition) is 7. The summed E-state index contributed by atoms with van der Waals surface area (Å²) in [5, 5.41) is 14.8. The van der Waals surface area contributed by atoms with Crippen LogP contribution in [0.2, 0.25) is 0 Å². The molecule has 0 aliphatic carbocycles. The fourth-order valence-corrected chi connectivity index (χ4v) is 3.40. The lowest BCUT2D eigenvalue weighted by Crippen LogP contribution is -2.27. The molecular weight excluding hydrogens is 404 g/mol. The molecule has 0 bridgehead atoms. The van der Waals surface area contributed by atoms with Crippen LogP contribution in [0.5, 0.6) is 0 Å². The smallest absolute Gasteiger partial charge is 0.251 e. The quantitative estimate of drug-likeness (QED) is 0.465. The van der Waals surface area contributed by atoms with E-state index in [0.717, 1.165) is 22.6 Å². The Bertz CT molecular complexity index is 1220. The fourth-order valence-electron chi connectivity index (χ4n) is 3.40. The third-order valence-electron chi connectivity index (χ3n) is 5.25. The molecule has 0 saturated heterocycles. The highest BCUT2D eigenvalue weighted by molar-refractivity contribution is 5.95. The molecule has 0 aliphatic rings. The number of hydrogen-bond donors (Lipinski definition) is 2. The first-order valence-electron chi connectivity index (χ1n) is 10.2. The molecule has 4 aromatic rings. The van der Waals surface area contributed by atoms with Gasteiger partial charge < -0.3 is 15.2 Å². The Morgan fingerprint density at radius 3 is 2.75 bits per heavy atom. The molecule has 0 aliphatic heterocycles. The molecule has 9 nitrogen and oxygen atoms in total. The number of benzene rings is 1. The number of carbonyl (C=O) groups is 1. The van der Waals surface area contributed by atoms with Crippen LogP contribution >= 0.6 is 0 Å². The molecule has 1 atom stereocenters. The van der Waals surface area contributed by atoms with E-state index in [1.807, 2.05) is 49.7 Å². The van der Waals surface area contributed by atoms with Gasteiger partial charge in [0, 0.05) is 36.9 Å². The number of anilines is 1. The lowest BCUT2D eigenvalue weighted by molar-refractivity contribution is 0.0940. The summed E-state index contributed by atoms with van der Waals surface area (Å²) in [5.41, 5.74) is 4.18. The van der Waals surface area contributed by atoms with Crippen LogP contribution in [0.25, 0.3) is 11.5 Å². The number of aromatic nitrogens is 6. The maximum Gasteiger partial charge on any atom is 0.251 e. The predicted molar refractivity (Wildman–Crippen MR) is 121 cm³/mol. The molecule has 3 heterocycles. The number of nitrogens with one attached hydrogen (secondary N) is 2. The molecule has 4 rings (SSSR count). The van der Waals surface area contributed by atoms with Crippen LogP contribution in [-0.2, 0) is 13.6 Å². The van der Waals surface area contributed by atoms with Gasteiger partial charge in [-0.25, -0.2) is 9.97 Å². The molecule has 1 aromatic carbocycles. The van der Waals surface area contributed by atoms with Crippen molar-refractivity contribution in [1.82, 2.24) is 35.0 Å². The molecule has 1 amide bonds. The Hall–Kier alpha value is -4.14. The van der Waals surface area contributed by atoms with Crippen LogP contribution in [0.15, 0.2) is 61.3 Å². The number of pyridine rings is 1. The zero-order valence-electron chi connectivity index (χ0n) is 18.1. The highest BCUT2D eigenvalue weighted by Gasteiger charge is 2.15. The van der Waals surface area contributed by atoms with Gasteiger partial charge >= 0.3 is 0 Å². The third kappa shape index (κ3) is 4.61. The topological polar surface area (TPSA) is 111 Å². The van der Waals surface area contributed by atoms with E-state index in [1.54, 1.807) is 30.7 Å². The van der Waals surface area contributed by atoms with Gasteiger partial charge in [0.1, 0.15) is 12.0 Å². The second kappa shape index (κ2) is 9.34. The van der Waals surface area contributed by atoms with Crippen molar-refractivity contribution in [2.75, 3.05) is 5.32 Å². The number of nitrogens with zero attached hydrogens (tertiary/aromatic N) is 6. The van der Waals surface area contributed by atoms with Crippen LogP contribution in [-0.4, -0.2) is 35.6 Å². The van der Waals surface area contributed by atoms with Gasteiger partial charge in [-0.15, -0.1) is 10.2 Å². The summed E-state index contributed by atoms with van der Waals surface area (Å²) < 4.78 is 1.88. The predicted octanol–water partition coefficient (Wildman–Crippen LogP) is 3.08. The van der Waals surface area contributed by atoms with Crippen molar-refractivity contribution in [2.45, 2.75) is 26.4 Å². The summed E-state index contributed by atoms with van der Waals surface area (Å²) in [6.07, 6.45) is 6.68. The number of rotatable bonds is 7. The van der Waals surface area contributed by atoms with E-state index in [4.69, 9.17) is 0 Å². The maximum atomic E-state index is 12.8. The summed E-state index contributed by atoms with van der Waals surface area (Å²) in [4.78, 5) is 25.1. The van der Waals surface area contributed by atoms with E-state index in [-0.39, 0.29) is 11.9 Å². The Kier molecular flexibility index (Phi) is 6.16. The van der Waals surface area contributed by atoms with Crippen LogP contribution < -0.4 is 10.6 Å². The van der Waals surface area contributed by atoms with E-state index in [0.29, 0.717) is 23.6 Å². The average molecular weight is 429 g/mol. The van der Waals surface area contributed by atoms with Gasteiger partial charge in [0.15, 0.2) is 11.6 Å². The molecule has 0 saturated carbocycles. The molecule has 3 aromatic heterocycles. The SMILES string of the molecule is Cc1ccncc1C(C)NC(=O)c1cccc(NCc2nnc(-c3ccncn3)n2C)c1. The largest absolute Gasteiger partial charge is 0.378 e. The lowest BCUT2D eigenvalue weighted by atomic mass is 10.0. The van der Waals surface area contributed by atoms with E-state index in [9.17, 15) is 4.79 Å². The molecule has 0 fully saturated rings. The first-order valence-corrected chi connectivity index (χ1v) is 10.2. The van der Waals surface area contributed by atoms with Gasteiger partial charge in [0.2, 0.25) is 0 Å². The molecule has 0 spiro atoms. The number of aryl methyl sites for hydroxylation is 1. The normalized spacial score (nSPS) is 11.7. The van der Waals surface area contributed by atoms with Crippen LogP contribution in [0.4, 0.5) is 5.69 Å². The van der Waals surface area contributed by atoms with Crippen molar-refractivity contribution in [2.24, 2.45) is 7.05 Å². The monoisotopic (exact) mass is 428 g/mol. The second-order valence-electron chi connectivity index (χ2n) is 7.46.